The van der Waals surface area contributed by atoms with Gasteiger partial charge in [-0.1, -0.05) is 0 Å². The second-order valence-corrected chi connectivity index (χ2v) is 4.26. The first kappa shape index (κ1) is 14.4. The van der Waals surface area contributed by atoms with Gasteiger partial charge in [0.1, 0.15) is 6.54 Å². The van der Waals surface area contributed by atoms with Gasteiger partial charge in [-0.05, 0) is 13.5 Å². The minimum absolute atomic E-state index is 0.151. The first-order valence-corrected chi connectivity index (χ1v) is 5.73. The molecule has 1 rings (SSSR count). The van der Waals surface area contributed by atoms with Crippen molar-refractivity contribution in [2.24, 2.45) is 0 Å². The van der Waals surface area contributed by atoms with Crippen molar-refractivity contribution in [3.8, 4) is 0 Å². The Balaban J connectivity index is 2.60. The van der Waals surface area contributed by atoms with E-state index in [1.807, 2.05) is 4.90 Å². The third-order valence-electron chi connectivity index (χ3n) is 3.03. The summed E-state index contributed by atoms with van der Waals surface area (Å²) in [6.07, 6.45) is 0.496. The Hall–Kier alpha value is -1.63. The van der Waals surface area contributed by atoms with Crippen LogP contribution in [0.5, 0.6) is 0 Å². The molecule has 0 unspecified atom stereocenters. The van der Waals surface area contributed by atoms with Crippen molar-refractivity contribution in [3.05, 3.63) is 0 Å². The first-order chi connectivity index (χ1) is 8.45. The molecule has 0 aromatic rings. The SMILES string of the molecule is COC(=O)CC[C@@H]1C(=O)N(CC(=O)O)CCN1C. The molecule has 1 N–H and O–H groups in total. The summed E-state index contributed by atoms with van der Waals surface area (Å²) in [6, 6.07) is -0.447. The number of amides is 1. The Morgan fingerprint density at radius 1 is 1.44 bits per heavy atom. The summed E-state index contributed by atoms with van der Waals surface area (Å²) < 4.78 is 4.53. The number of likely N-dealkylation sites (N-methyl/N-ethyl adjacent to an activating group) is 1. The molecule has 7 heteroatoms. The molecule has 0 saturated carbocycles. The fourth-order valence-corrected chi connectivity index (χ4v) is 1.96. The van der Waals surface area contributed by atoms with E-state index in [2.05, 4.69) is 4.74 Å². The predicted octanol–water partition coefficient (Wildman–Crippen LogP) is -0.833. The van der Waals surface area contributed by atoms with Gasteiger partial charge in [-0.3, -0.25) is 19.3 Å². The minimum atomic E-state index is -1.03. The maximum atomic E-state index is 12.0. The monoisotopic (exact) mass is 258 g/mol. The topological polar surface area (TPSA) is 87.2 Å². The van der Waals surface area contributed by atoms with Crippen LogP contribution < -0.4 is 0 Å². The molecule has 0 bridgehead atoms. The lowest BCUT2D eigenvalue weighted by atomic mass is 10.1. The molecule has 0 radical (unpaired) electrons. The van der Waals surface area contributed by atoms with Crippen molar-refractivity contribution < 1.29 is 24.2 Å². The van der Waals surface area contributed by atoms with E-state index in [0.29, 0.717) is 19.5 Å². The van der Waals surface area contributed by atoms with Crippen LogP contribution in [0, 0.1) is 0 Å². The Bertz CT molecular complexity index is 344. The lowest BCUT2D eigenvalue weighted by Gasteiger charge is -2.37. The van der Waals surface area contributed by atoms with Gasteiger partial charge in [-0.25, -0.2) is 0 Å². The van der Waals surface area contributed by atoms with Crippen LogP contribution in [0.3, 0.4) is 0 Å². The van der Waals surface area contributed by atoms with E-state index >= 15 is 0 Å². The summed E-state index contributed by atoms with van der Waals surface area (Å²) in [5, 5.41) is 8.71. The highest BCUT2D eigenvalue weighted by atomic mass is 16.5. The van der Waals surface area contributed by atoms with Crippen molar-refractivity contribution in [2.45, 2.75) is 18.9 Å². The van der Waals surface area contributed by atoms with Gasteiger partial charge in [0.2, 0.25) is 5.91 Å². The number of carboxylic acids is 1. The van der Waals surface area contributed by atoms with Gasteiger partial charge in [-0.15, -0.1) is 0 Å². The van der Waals surface area contributed by atoms with Crippen LogP contribution >= 0.6 is 0 Å². The molecular weight excluding hydrogens is 240 g/mol. The zero-order valence-corrected chi connectivity index (χ0v) is 10.6. The third kappa shape index (κ3) is 3.69. The van der Waals surface area contributed by atoms with Crippen LogP contribution in [-0.2, 0) is 19.1 Å². The number of carbonyl (C=O) groups excluding carboxylic acids is 2. The molecule has 0 aromatic carbocycles. The Morgan fingerprint density at radius 3 is 2.67 bits per heavy atom. The van der Waals surface area contributed by atoms with Gasteiger partial charge in [0.15, 0.2) is 0 Å². The van der Waals surface area contributed by atoms with Crippen LogP contribution in [0.4, 0.5) is 0 Å². The van der Waals surface area contributed by atoms with Crippen LogP contribution in [0.2, 0.25) is 0 Å². The molecule has 0 spiro atoms. The lowest BCUT2D eigenvalue weighted by molar-refractivity contribution is -0.150. The van der Waals surface area contributed by atoms with Gasteiger partial charge in [0, 0.05) is 19.5 Å². The van der Waals surface area contributed by atoms with Gasteiger partial charge in [-0.2, -0.15) is 0 Å². The molecule has 1 atom stereocenters. The second-order valence-electron chi connectivity index (χ2n) is 4.26. The van der Waals surface area contributed by atoms with E-state index in [9.17, 15) is 14.4 Å². The molecule has 1 saturated heterocycles. The fraction of sp³-hybridized carbons (Fsp3) is 0.727. The number of nitrogens with zero attached hydrogens (tertiary/aromatic N) is 2. The summed E-state index contributed by atoms with van der Waals surface area (Å²) in [7, 11) is 3.09. The lowest BCUT2D eigenvalue weighted by Crippen LogP contribution is -2.56. The molecule has 1 aliphatic rings. The van der Waals surface area contributed by atoms with Crippen LogP contribution in [0.25, 0.3) is 0 Å². The van der Waals surface area contributed by atoms with Gasteiger partial charge < -0.3 is 14.7 Å². The molecule has 1 fully saturated rings. The number of carboxylic acid groups (broad SMARTS) is 1. The van der Waals surface area contributed by atoms with E-state index in [-0.39, 0.29) is 24.8 Å². The zero-order valence-electron chi connectivity index (χ0n) is 10.6. The van der Waals surface area contributed by atoms with Gasteiger partial charge >= 0.3 is 11.9 Å². The van der Waals surface area contributed by atoms with Crippen molar-refractivity contribution in [3.63, 3.8) is 0 Å². The molecule has 1 heterocycles. The van der Waals surface area contributed by atoms with Crippen LogP contribution in [-0.4, -0.2) is 72.6 Å². The van der Waals surface area contributed by atoms with Crippen LogP contribution in [0.1, 0.15) is 12.8 Å². The minimum Gasteiger partial charge on any atom is -0.480 e. The van der Waals surface area contributed by atoms with Crippen molar-refractivity contribution in [2.75, 3.05) is 33.8 Å². The number of esters is 1. The maximum absolute atomic E-state index is 12.0. The molecule has 102 valence electrons. The summed E-state index contributed by atoms with van der Waals surface area (Å²) in [6.45, 7) is 0.711. The summed E-state index contributed by atoms with van der Waals surface area (Å²) in [4.78, 5) is 36.9. The second kappa shape index (κ2) is 6.34. The molecule has 1 amide bonds. The first-order valence-electron chi connectivity index (χ1n) is 5.73. The predicted molar refractivity (Wildman–Crippen MR) is 61.9 cm³/mol. The average Bonchev–Trinajstić information content (AvgIpc) is 2.32. The molecule has 1 aliphatic heterocycles. The Morgan fingerprint density at radius 2 is 2.11 bits per heavy atom. The maximum Gasteiger partial charge on any atom is 0.323 e. The smallest absolute Gasteiger partial charge is 0.323 e. The van der Waals surface area contributed by atoms with Crippen molar-refractivity contribution in [1.29, 1.82) is 0 Å². The fourth-order valence-electron chi connectivity index (χ4n) is 1.96. The van der Waals surface area contributed by atoms with Crippen molar-refractivity contribution in [1.82, 2.24) is 9.80 Å². The van der Waals surface area contributed by atoms with E-state index in [1.54, 1.807) is 7.05 Å². The highest BCUT2D eigenvalue weighted by Crippen LogP contribution is 2.14. The number of hydrogen-bond acceptors (Lipinski definition) is 5. The highest BCUT2D eigenvalue weighted by Gasteiger charge is 2.33. The number of carbonyl (C=O) groups is 3. The van der Waals surface area contributed by atoms with E-state index in [4.69, 9.17) is 5.11 Å². The highest BCUT2D eigenvalue weighted by molar-refractivity contribution is 5.86. The largest absolute Gasteiger partial charge is 0.480 e. The molecular formula is C11H18N2O5. The third-order valence-corrected chi connectivity index (χ3v) is 3.03. The normalized spacial score (nSPS) is 20.9. The molecule has 0 aliphatic carbocycles. The van der Waals surface area contributed by atoms with E-state index in [0.717, 1.165) is 0 Å². The molecule has 7 nitrogen and oxygen atoms in total. The number of aliphatic carboxylic acids is 1. The quantitative estimate of drug-likeness (QED) is 0.647. The molecule has 18 heavy (non-hydrogen) atoms. The van der Waals surface area contributed by atoms with Gasteiger partial charge in [0.05, 0.1) is 13.2 Å². The number of piperazine rings is 1. The van der Waals surface area contributed by atoms with Crippen molar-refractivity contribution >= 4 is 17.8 Å². The number of hydrogen-bond donors (Lipinski definition) is 1. The van der Waals surface area contributed by atoms with Crippen LogP contribution in [0.15, 0.2) is 0 Å². The Kier molecular flexibility index (Phi) is 5.08. The standard InChI is InChI=1S/C11H18N2O5/c1-12-5-6-13(7-9(14)15)11(17)8(12)3-4-10(16)18-2/h8H,3-7H2,1-2H3,(H,14,15)/t8-/m1/s1. The zero-order chi connectivity index (χ0) is 13.7. The average molecular weight is 258 g/mol. The summed E-state index contributed by atoms with van der Waals surface area (Å²) >= 11 is 0. The number of methoxy groups -OCH3 is 1. The number of ether oxygens (including phenoxy) is 1. The number of rotatable bonds is 5. The van der Waals surface area contributed by atoms with Gasteiger partial charge in [0.25, 0.3) is 0 Å². The van der Waals surface area contributed by atoms with E-state index < -0.39 is 12.0 Å². The summed E-state index contributed by atoms with van der Waals surface area (Å²) in [5.74, 6) is -1.64. The summed E-state index contributed by atoms with van der Waals surface area (Å²) in [5.41, 5.74) is 0. The van der Waals surface area contributed by atoms with E-state index in [1.165, 1.54) is 12.0 Å². The molecule has 0 aromatic heterocycles. The Labute approximate surface area is 105 Å².